The van der Waals surface area contributed by atoms with E-state index in [2.05, 4.69) is 6.92 Å². The van der Waals surface area contributed by atoms with Crippen LogP contribution in [0.25, 0.3) is 0 Å². The van der Waals surface area contributed by atoms with Crippen molar-refractivity contribution in [2.24, 2.45) is 0 Å². The highest BCUT2D eigenvalue weighted by Gasteiger charge is 2.00. The maximum absolute atomic E-state index is 10.4. The van der Waals surface area contributed by atoms with Crippen LogP contribution in [0.15, 0.2) is 29.2 Å². The zero-order valence-electron chi connectivity index (χ0n) is 9.31. The predicted molar refractivity (Wildman–Crippen MR) is 65.2 cm³/mol. The lowest BCUT2D eigenvalue weighted by molar-refractivity contribution is -0.133. The van der Waals surface area contributed by atoms with Crippen molar-refractivity contribution >= 4 is 17.7 Å². The fourth-order valence-electron chi connectivity index (χ4n) is 1.11. The van der Waals surface area contributed by atoms with E-state index in [1.807, 2.05) is 24.3 Å². The topological polar surface area (TPSA) is 46.5 Å². The molecule has 4 heteroatoms. The molecule has 0 aliphatic heterocycles. The van der Waals surface area contributed by atoms with E-state index in [0.717, 1.165) is 30.1 Å². The number of rotatable bonds is 7. The number of unbranched alkanes of at least 4 members (excludes halogenated alkanes) is 1. The summed E-state index contributed by atoms with van der Waals surface area (Å²) in [5.74, 6) is 0.136. The molecule has 88 valence electrons. The minimum absolute atomic E-state index is 0.0933. The smallest absolute Gasteiger partial charge is 0.313 e. The van der Waals surface area contributed by atoms with Crippen molar-refractivity contribution in [3.05, 3.63) is 24.3 Å². The van der Waals surface area contributed by atoms with Crippen LogP contribution in [0.1, 0.15) is 19.8 Å². The third kappa shape index (κ3) is 5.07. The molecule has 0 saturated heterocycles. The van der Waals surface area contributed by atoms with Crippen molar-refractivity contribution in [1.82, 2.24) is 0 Å². The van der Waals surface area contributed by atoms with Gasteiger partial charge in [-0.3, -0.25) is 4.79 Å². The highest BCUT2D eigenvalue weighted by atomic mass is 32.2. The SMILES string of the molecule is CCCCOc1ccc(S[13CH2][13C](=O)O)cc1. The lowest BCUT2D eigenvalue weighted by Crippen LogP contribution is -1.98. The number of thioether (sulfide) groups is 1. The minimum atomic E-state index is -0.798. The highest BCUT2D eigenvalue weighted by Crippen LogP contribution is 2.21. The Labute approximate surface area is 99.8 Å². The van der Waals surface area contributed by atoms with Gasteiger partial charge in [-0.15, -0.1) is 11.8 Å². The molecule has 0 aliphatic carbocycles. The molecule has 0 fully saturated rings. The Kier molecular flexibility index (Phi) is 5.78. The summed E-state index contributed by atoms with van der Waals surface area (Å²) in [6.45, 7) is 2.85. The Morgan fingerprint density at radius 3 is 2.62 bits per heavy atom. The average molecular weight is 242 g/mol. The predicted octanol–water partition coefficient (Wildman–Crippen LogP) is 3.04. The van der Waals surface area contributed by atoms with E-state index in [0.29, 0.717) is 0 Å². The van der Waals surface area contributed by atoms with Crippen molar-refractivity contribution in [1.29, 1.82) is 0 Å². The zero-order chi connectivity index (χ0) is 11.8. The maximum Gasteiger partial charge on any atom is 0.313 e. The van der Waals surface area contributed by atoms with Gasteiger partial charge in [0.25, 0.3) is 0 Å². The molecule has 0 aromatic heterocycles. The van der Waals surface area contributed by atoms with E-state index < -0.39 is 5.97 Å². The summed E-state index contributed by atoms with van der Waals surface area (Å²) in [5, 5.41) is 8.53. The second-order valence-corrected chi connectivity index (χ2v) is 4.40. The molecule has 0 unspecified atom stereocenters. The average Bonchev–Trinajstić information content (AvgIpc) is 2.28. The Hall–Kier alpha value is -1.16. The van der Waals surface area contributed by atoms with E-state index in [9.17, 15) is 4.79 Å². The number of carbonyl (C=O) groups is 1. The van der Waals surface area contributed by atoms with Crippen LogP contribution in [0.4, 0.5) is 0 Å². The normalized spacial score (nSPS) is 10.1. The third-order valence-electron chi connectivity index (χ3n) is 1.95. The Balaban J connectivity index is 2.38. The summed E-state index contributed by atoms with van der Waals surface area (Å²) in [6, 6.07) is 7.52. The van der Waals surface area contributed by atoms with E-state index in [-0.39, 0.29) is 5.75 Å². The maximum atomic E-state index is 10.4. The fraction of sp³-hybridized carbons (Fsp3) is 0.417. The van der Waals surface area contributed by atoms with Crippen LogP contribution in [-0.4, -0.2) is 23.4 Å². The quantitative estimate of drug-likeness (QED) is 0.453. The van der Waals surface area contributed by atoms with Crippen molar-refractivity contribution in [2.75, 3.05) is 12.4 Å². The molecule has 1 aromatic carbocycles. The van der Waals surface area contributed by atoms with Gasteiger partial charge in [0.05, 0.1) is 12.4 Å². The van der Waals surface area contributed by atoms with Crippen LogP contribution in [0, 0.1) is 0 Å². The first-order valence-electron chi connectivity index (χ1n) is 5.30. The molecule has 16 heavy (non-hydrogen) atoms. The van der Waals surface area contributed by atoms with Gasteiger partial charge in [-0.25, -0.2) is 0 Å². The summed E-state index contributed by atoms with van der Waals surface area (Å²) in [5.41, 5.74) is 0. The van der Waals surface area contributed by atoms with Crippen LogP contribution in [-0.2, 0) is 4.79 Å². The number of benzene rings is 1. The molecule has 1 aromatic rings. The van der Waals surface area contributed by atoms with E-state index in [1.165, 1.54) is 11.8 Å². The first-order valence-corrected chi connectivity index (χ1v) is 6.28. The molecular formula is C12H16O3S. The van der Waals surface area contributed by atoms with Crippen LogP contribution >= 0.6 is 11.8 Å². The number of aliphatic carboxylic acids is 1. The van der Waals surface area contributed by atoms with Crippen molar-refractivity contribution in [3.8, 4) is 5.75 Å². The standard InChI is InChI=1S/C12H16O3S/c1-2-3-8-15-10-4-6-11(7-5-10)16-9-12(13)14/h4-7H,2-3,8-9H2,1H3,(H,13,14)/i9+1,12+1. The van der Waals surface area contributed by atoms with Gasteiger partial charge in [0.1, 0.15) is 5.75 Å². The Bertz CT molecular complexity index is 322. The molecule has 0 amide bonds. The first kappa shape index (κ1) is 12.9. The van der Waals surface area contributed by atoms with Gasteiger partial charge in [0.2, 0.25) is 0 Å². The van der Waals surface area contributed by atoms with Crippen molar-refractivity contribution in [3.63, 3.8) is 0 Å². The van der Waals surface area contributed by atoms with E-state index in [1.54, 1.807) is 0 Å². The molecule has 0 bridgehead atoms. The van der Waals surface area contributed by atoms with Gasteiger partial charge < -0.3 is 9.84 Å². The molecule has 0 aliphatic rings. The van der Waals surface area contributed by atoms with Gasteiger partial charge in [0.15, 0.2) is 0 Å². The second-order valence-electron chi connectivity index (χ2n) is 3.36. The van der Waals surface area contributed by atoms with Gasteiger partial charge >= 0.3 is 5.97 Å². The summed E-state index contributed by atoms with van der Waals surface area (Å²) in [7, 11) is 0. The Morgan fingerprint density at radius 2 is 2.06 bits per heavy atom. The summed E-state index contributed by atoms with van der Waals surface area (Å²) in [6.07, 6.45) is 2.17. The van der Waals surface area contributed by atoms with Gasteiger partial charge in [-0.05, 0) is 30.7 Å². The van der Waals surface area contributed by atoms with Gasteiger partial charge in [-0.1, -0.05) is 13.3 Å². The highest BCUT2D eigenvalue weighted by molar-refractivity contribution is 8.00. The minimum Gasteiger partial charge on any atom is -0.494 e. The molecule has 0 radical (unpaired) electrons. The number of hydrogen-bond donors (Lipinski definition) is 1. The zero-order valence-corrected chi connectivity index (χ0v) is 10.1. The number of carboxylic acids is 1. The lowest BCUT2D eigenvalue weighted by Gasteiger charge is -2.05. The van der Waals surface area contributed by atoms with Crippen LogP contribution in [0.2, 0.25) is 0 Å². The molecule has 1 N–H and O–H groups in total. The molecule has 0 atom stereocenters. The molecule has 0 spiro atoms. The van der Waals surface area contributed by atoms with Gasteiger partial charge in [-0.2, -0.15) is 0 Å². The Morgan fingerprint density at radius 1 is 1.38 bits per heavy atom. The summed E-state index contributed by atoms with van der Waals surface area (Å²) < 4.78 is 5.50. The molecule has 0 heterocycles. The molecule has 0 saturated carbocycles. The van der Waals surface area contributed by atoms with E-state index in [4.69, 9.17) is 9.84 Å². The number of hydrogen-bond acceptors (Lipinski definition) is 3. The van der Waals surface area contributed by atoms with Crippen molar-refractivity contribution in [2.45, 2.75) is 24.7 Å². The second kappa shape index (κ2) is 7.17. The molecule has 3 nitrogen and oxygen atoms in total. The van der Waals surface area contributed by atoms with Gasteiger partial charge in [0, 0.05) is 4.90 Å². The molecular weight excluding hydrogens is 226 g/mol. The lowest BCUT2D eigenvalue weighted by atomic mass is 10.3. The van der Waals surface area contributed by atoms with Crippen LogP contribution in [0.3, 0.4) is 0 Å². The van der Waals surface area contributed by atoms with Crippen molar-refractivity contribution < 1.29 is 14.6 Å². The first-order chi connectivity index (χ1) is 7.72. The number of carboxylic acid groups (broad SMARTS) is 1. The summed E-state index contributed by atoms with van der Waals surface area (Å²) in [4.78, 5) is 11.3. The van der Waals surface area contributed by atoms with E-state index >= 15 is 0 Å². The van der Waals surface area contributed by atoms with Crippen LogP contribution < -0.4 is 4.74 Å². The molecule has 1 rings (SSSR count). The summed E-state index contributed by atoms with van der Waals surface area (Å²) >= 11 is 1.31. The monoisotopic (exact) mass is 242 g/mol. The number of ether oxygens (including phenoxy) is 1. The third-order valence-corrected chi connectivity index (χ3v) is 2.95. The fourth-order valence-corrected chi connectivity index (χ4v) is 1.73. The largest absolute Gasteiger partial charge is 0.494 e. The van der Waals surface area contributed by atoms with Crippen LogP contribution in [0.5, 0.6) is 5.75 Å².